The molecule has 6 atom stereocenters. The van der Waals surface area contributed by atoms with Crippen molar-refractivity contribution in [3.8, 4) is 0 Å². The Morgan fingerprint density at radius 2 is 0.482 bits per heavy atom. The van der Waals surface area contributed by atoms with Gasteiger partial charge in [0, 0.05) is 0 Å². The molecule has 9 aromatic carbocycles. The monoisotopic (exact) mass is 1160 g/mol. The van der Waals surface area contributed by atoms with E-state index in [1.807, 2.05) is 176 Å². The topological polar surface area (TPSA) is 90.9 Å². The van der Waals surface area contributed by atoms with Crippen LogP contribution in [-0.4, -0.2) is 66.0 Å². The van der Waals surface area contributed by atoms with Gasteiger partial charge in [0.2, 0.25) is 0 Å². The minimum Gasteiger partial charge on any atom is -0.368 e. The molecule has 0 aromatic heterocycles. The molecule has 1 aliphatic carbocycles. The molecule has 0 bridgehead atoms. The van der Waals surface area contributed by atoms with E-state index in [1.165, 1.54) is 20.7 Å². The number of ether oxygens (including phenoxy) is 5. The first-order valence-electron chi connectivity index (χ1n) is 28.8. The summed E-state index contributed by atoms with van der Waals surface area (Å²) < 4.78 is 74.2. The lowest BCUT2D eigenvalue weighted by Crippen LogP contribution is -2.67. The van der Waals surface area contributed by atoms with Crippen LogP contribution in [0.1, 0.15) is 27.8 Å². The van der Waals surface area contributed by atoms with Crippen LogP contribution in [-0.2, 0) is 74.9 Å². The Kier molecular flexibility index (Phi) is 21.3. The van der Waals surface area contributed by atoms with Crippen LogP contribution < -0.4 is 20.7 Å². The van der Waals surface area contributed by atoms with Crippen molar-refractivity contribution in [2.24, 2.45) is 0 Å². The van der Waals surface area contributed by atoms with Gasteiger partial charge in [-0.15, -0.1) is 0 Å². The number of rotatable bonds is 29. The van der Waals surface area contributed by atoms with Crippen molar-refractivity contribution in [1.82, 2.24) is 0 Å². The van der Waals surface area contributed by atoms with Crippen LogP contribution in [0.2, 0.25) is 25.2 Å². The zero-order chi connectivity index (χ0) is 57.0. The fraction of sp³-hybridized carbons (Fsp3) is 0.239. The lowest BCUT2D eigenvalue weighted by atomic mass is 9.83. The third-order valence-corrected chi connectivity index (χ3v) is 26.3. The van der Waals surface area contributed by atoms with Crippen molar-refractivity contribution in [2.45, 2.75) is 94.8 Å². The number of hydrogen-bond acceptors (Lipinski definition) is 9. The Hall–Kier alpha value is -6.68. The standard InChI is InChI=1S/C71H75O9PSi2/c1-82(62-40-22-8-23-41-62,63-42-24-9-25-43-63)50-48-78-81(72,79-49-51-83(2,64-44-26-10-27-45-64)65-46-28-11-29-47-65)80-71-69(76-55-60-36-18-6-19-37-60)67(74-53-58-32-14-4-15-33-58)66(73-52-57-30-12-3-13-31-57)68(75-54-59-34-16-5-17-35-59)70(71)77-56-61-38-20-7-21-39-61/h3-47,66-71H,48-56H2,1-2H3/t66?,67-,68+,69-,70-,71?/m0/s1. The summed E-state index contributed by atoms with van der Waals surface area (Å²) in [5.41, 5.74) is 4.71. The van der Waals surface area contributed by atoms with Crippen molar-refractivity contribution in [3.63, 3.8) is 0 Å². The highest BCUT2D eigenvalue weighted by Gasteiger charge is 2.57. The molecule has 426 valence electrons. The van der Waals surface area contributed by atoms with Crippen LogP contribution in [0, 0.1) is 0 Å². The maximum absolute atomic E-state index is 16.7. The van der Waals surface area contributed by atoms with Gasteiger partial charge in [0.05, 0.1) is 46.2 Å². The van der Waals surface area contributed by atoms with E-state index in [4.69, 9.17) is 37.3 Å². The van der Waals surface area contributed by atoms with Crippen LogP contribution in [0.3, 0.4) is 0 Å². The number of phosphoric acid groups is 1. The van der Waals surface area contributed by atoms with E-state index in [0.717, 1.165) is 27.8 Å². The molecule has 0 N–H and O–H groups in total. The van der Waals surface area contributed by atoms with Crippen LogP contribution in [0.25, 0.3) is 0 Å². The molecule has 1 fully saturated rings. The summed E-state index contributed by atoms with van der Waals surface area (Å²) in [5.74, 6) is 0. The first kappa shape index (κ1) is 59.5. The summed E-state index contributed by atoms with van der Waals surface area (Å²) in [6, 6.07) is 93.7. The van der Waals surface area contributed by atoms with E-state index in [1.54, 1.807) is 0 Å². The molecule has 0 spiro atoms. The zero-order valence-corrected chi connectivity index (χ0v) is 50.3. The smallest absolute Gasteiger partial charge is 0.368 e. The van der Waals surface area contributed by atoms with E-state index in [9.17, 15) is 0 Å². The second-order valence-electron chi connectivity index (χ2n) is 21.6. The van der Waals surface area contributed by atoms with E-state index in [0.29, 0.717) is 12.1 Å². The molecule has 1 saturated carbocycles. The van der Waals surface area contributed by atoms with Crippen LogP contribution in [0.15, 0.2) is 273 Å². The minimum atomic E-state index is -4.65. The summed E-state index contributed by atoms with van der Waals surface area (Å²) >= 11 is 0. The minimum absolute atomic E-state index is 0.0678. The molecule has 0 saturated heterocycles. The van der Waals surface area contributed by atoms with E-state index >= 15 is 4.57 Å². The second-order valence-corrected chi connectivity index (χ2v) is 31.9. The average Bonchev–Trinajstić information content (AvgIpc) is 3.63. The highest BCUT2D eigenvalue weighted by Crippen LogP contribution is 2.54. The summed E-state index contributed by atoms with van der Waals surface area (Å²) in [4.78, 5) is 0. The molecule has 0 amide bonds. The summed E-state index contributed by atoms with van der Waals surface area (Å²) in [6.07, 6.45) is -5.80. The maximum atomic E-state index is 16.7. The van der Waals surface area contributed by atoms with Gasteiger partial charge in [0.1, 0.15) is 52.8 Å². The maximum Gasteiger partial charge on any atom is 0.475 e. The average molecular weight is 1160 g/mol. The quantitative estimate of drug-likeness (QED) is 0.0336. The Morgan fingerprint density at radius 1 is 0.289 bits per heavy atom. The normalized spacial score (nSPS) is 18.4. The molecular weight excluding hydrogens is 1080 g/mol. The van der Waals surface area contributed by atoms with Crippen LogP contribution in [0.4, 0.5) is 0 Å². The first-order chi connectivity index (χ1) is 40.8. The third kappa shape index (κ3) is 16.0. The molecule has 83 heavy (non-hydrogen) atoms. The predicted molar refractivity (Wildman–Crippen MR) is 337 cm³/mol. The van der Waals surface area contributed by atoms with Crippen molar-refractivity contribution in [2.75, 3.05) is 13.2 Å². The highest BCUT2D eigenvalue weighted by atomic mass is 31.2. The van der Waals surface area contributed by atoms with E-state index < -0.39 is 60.6 Å². The summed E-state index contributed by atoms with van der Waals surface area (Å²) in [7, 11) is -9.73. The van der Waals surface area contributed by atoms with Crippen molar-refractivity contribution >= 4 is 44.7 Å². The summed E-state index contributed by atoms with van der Waals surface area (Å²) in [5, 5.41) is 4.92. The van der Waals surface area contributed by atoms with Gasteiger partial charge in [-0.3, -0.25) is 13.6 Å². The molecule has 2 unspecified atom stereocenters. The van der Waals surface area contributed by atoms with Crippen molar-refractivity contribution in [1.29, 1.82) is 0 Å². The van der Waals surface area contributed by atoms with Crippen molar-refractivity contribution in [3.05, 3.63) is 301 Å². The van der Waals surface area contributed by atoms with Gasteiger partial charge in [-0.25, -0.2) is 4.57 Å². The fourth-order valence-electron chi connectivity index (χ4n) is 11.1. The lowest BCUT2D eigenvalue weighted by Gasteiger charge is -2.50. The summed E-state index contributed by atoms with van der Waals surface area (Å²) in [6.45, 7) is 5.75. The van der Waals surface area contributed by atoms with Gasteiger partial charge >= 0.3 is 7.82 Å². The molecular formula is C71H75O9PSi2. The van der Waals surface area contributed by atoms with Gasteiger partial charge in [0.25, 0.3) is 0 Å². The van der Waals surface area contributed by atoms with Crippen LogP contribution >= 0.6 is 7.82 Å². The third-order valence-electron chi connectivity index (χ3n) is 16.0. The largest absolute Gasteiger partial charge is 0.475 e. The second kappa shape index (κ2) is 29.7. The number of benzene rings is 9. The molecule has 12 heteroatoms. The molecule has 9 nitrogen and oxygen atoms in total. The predicted octanol–water partition coefficient (Wildman–Crippen LogP) is 13.2. The SMILES string of the molecule is C[Si](CCOP(=O)(OCC[Si](C)(c1ccccc1)c1ccccc1)OC1[C@@H](OCc2ccccc2)[C@H](OCc2ccccc2)C(OCc2ccccc2)[C@H](OCc2ccccc2)[C@@H]1OCc1ccccc1)(c1ccccc1)c1ccccc1. The molecule has 0 heterocycles. The van der Waals surface area contributed by atoms with Gasteiger partial charge < -0.3 is 23.7 Å². The van der Waals surface area contributed by atoms with E-state index in [2.05, 4.69) is 110 Å². The Morgan fingerprint density at radius 3 is 0.699 bits per heavy atom. The molecule has 0 aliphatic heterocycles. The fourth-order valence-corrected chi connectivity index (χ4v) is 19.4. The van der Waals surface area contributed by atoms with Gasteiger partial charge in [-0.1, -0.05) is 307 Å². The molecule has 9 aromatic rings. The first-order valence-corrected chi connectivity index (χ1v) is 35.7. The molecule has 0 radical (unpaired) electrons. The Balaban J connectivity index is 1.10. The zero-order valence-electron chi connectivity index (χ0n) is 47.4. The lowest BCUT2D eigenvalue weighted by molar-refractivity contribution is -0.280. The number of hydrogen-bond donors (Lipinski definition) is 0. The van der Waals surface area contributed by atoms with E-state index in [-0.39, 0.29) is 46.2 Å². The Bertz CT molecular complexity index is 3050. The number of phosphoric ester groups is 1. The Labute approximate surface area is 492 Å². The highest BCUT2D eigenvalue weighted by molar-refractivity contribution is 7.48. The molecule has 1 aliphatic rings. The van der Waals surface area contributed by atoms with Gasteiger partial charge in [-0.2, -0.15) is 0 Å². The van der Waals surface area contributed by atoms with Crippen molar-refractivity contribution < 1.29 is 41.8 Å². The molecule has 10 rings (SSSR count). The van der Waals surface area contributed by atoms with Crippen LogP contribution in [0.5, 0.6) is 0 Å². The van der Waals surface area contributed by atoms with Gasteiger partial charge in [-0.05, 0) is 39.9 Å². The van der Waals surface area contributed by atoms with Gasteiger partial charge in [0.15, 0.2) is 0 Å².